The molecule has 0 aromatic carbocycles. The quantitative estimate of drug-likeness (QED) is 0.369. The summed E-state index contributed by atoms with van der Waals surface area (Å²) in [6.07, 6.45) is 6.32. The molecule has 0 aliphatic heterocycles. The van der Waals surface area contributed by atoms with Crippen molar-refractivity contribution in [3.8, 4) is 0 Å². The highest BCUT2D eigenvalue weighted by molar-refractivity contribution is 5.95. The monoisotopic (exact) mass is 296 g/mol. The molecule has 0 amide bonds. The summed E-state index contributed by atoms with van der Waals surface area (Å²) in [7, 11) is 0. The van der Waals surface area contributed by atoms with Gasteiger partial charge in [0.05, 0.1) is 13.2 Å². The third kappa shape index (κ3) is 9.05. The largest absolute Gasteiger partial charge is 0.465 e. The number of hydrogen-bond donors (Lipinski definition) is 0. The zero-order chi connectivity index (χ0) is 16.3. The van der Waals surface area contributed by atoms with E-state index >= 15 is 0 Å². The Bertz CT molecular complexity index is 372. The summed E-state index contributed by atoms with van der Waals surface area (Å²) in [5.41, 5.74) is 2.45. The van der Waals surface area contributed by atoms with E-state index < -0.39 is 17.9 Å². The lowest BCUT2D eigenvalue weighted by Crippen LogP contribution is -2.27. The molecule has 0 fully saturated rings. The summed E-state index contributed by atoms with van der Waals surface area (Å²) in [6, 6.07) is 0. The summed E-state index contributed by atoms with van der Waals surface area (Å²) >= 11 is 0. The summed E-state index contributed by atoms with van der Waals surface area (Å²) in [5.74, 6) is -1.88. The Hall–Kier alpha value is -1.58. The minimum absolute atomic E-state index is 0.262. The number of ether oxygens (including phenoxy) is 2. The number of allylic oxidation sites excluding steroid dienone is 4. The van der Waals surface area contributed by atoms with E-state index in [9.17, 15) is 9.59 Å². The Kier molecular flexibility index (Phi) is 10.3. The van der Waals surface area contributed by atoms with Crippen LogP contribution in [0.3, 0.4) is 0 Å². The fraction of sp³-hybridized carbons (Fsp3) is 0.647. The van der Waals surface area contributed by atoms with Crippen LogP contribution in [0.4, 0.5) is 0 Å². The molecule has 21 heavy (non-hydrogen) atoms. The summed E-state index contributed by atoms with van der Waals surface area (Å²) in [5, 5.41) is 0. The number of carbonyl (C=O) groups is 2. The first-order chi connectivity index (χ1) is 9.92. The van der Waals surface area contributed by atoms with Gasteiger partial charge in [0.2, 0.25) is 0 Å². The van der Waals surface area contributed by atoms with E-state index in [0.29, 0.717) is 6.42 Å². The number of esters is 2. The van der Waals surface area contributed by atoms with Crippen molar-refractivity contribution < 1.29 is 19.1 Å². The Morgan fingerprint density at radius 2 is 1.48 bits per heavy atom. The molecule has 0 heterocycles. The van der Waals surface area contributed by atoms with Crippen molar-refractivity contribution in [2.24, 2.45) is 5.92 Å². The molecule has 0 bridgehead atoms. The number of carbonyl (C=O) groups excluding carboxylic acids is 2. The predicted octanol–water partition coefficient (Wildman–Crippen LogP) is 3.81. The van der Waals surface area contributed by atoms with Gasteiger partial charge in [-0.2, -0.15) is 0 Å². The van der Waals surface area contributed by atoms with E-state index in [4.69, 9.17) is 9.47 Å². The standard InChI is InChI=1S/C17H28O4/c1-6-20-16(18)15(17(19)21-7-2)12-11-14(5)10-8-9-13(3)4/h9,11,15H,6-8,10,12H2,1-5H3/b14-11+. The first kappa shape index (κ1) is 19.4. The van der Waals surface area contributed by atoms with Gasteiger partial charge in [-0.05, 0) is 53.9 Å². The smallest absolute Gasteiger partial charge is 0.320 e. The molecule has 0 aromatic rings. The fourth-order valence-electron chi connectivity index (χ4n) is 1.78. The van der Waals surface area contributed by atoms with Gasteiger partial charge >= 0.3 is 11.9 Å². The first-order valence-corrected chi connectivity index (χ1v) is 7.54. The van der Waals surface area contributed by atoms with Gasteiger partial charge in [-0.15, -0.1) is 0 Å². The Balaban J connectivity index is 4.61. The summed E-state index contributed by atoms with van der Waals surface area (Å²) < 4.78 is 9.88. The van der Waals surface area contributed by atoms with Crippen LogP contribution in [0.2, 0.25) is 0 Å². The minimum Gasteiger partial charge on any atom is -0.465 e. The molecule has 4 heteroatoms. The topological polar surface area (TPSA) is 52.6 Å². The van der Waals surface area contributed by atoms with E-state index in [1.54, 1.807) is 13.8 Å². The lowest BCUT2D eigenvalue weighted by Gasteiger charge is -2.13. The van der Waals surface area contributed by atoms with Crippen molar-refractivity contribution in [1.82, 2.24) is 0 Å². The van der Waals surface area contributed by atoms with Gasteiger partial charge in [0, 0.05) is 0 Å². The molecule has 120 valence electrons. The average Bonchev–Trinajstić information content (AvgIpc) is 2.39. The highest BCUT2D eigenvalue weighted by Gasteiger charge is 2.28. The van der Waals surface area contributed by atoms with Crippen molar-refractivity contribution >= 4 is 11.9 Å². The van der Waals surface area contributed by atoms with Gasteiger partial charge in [-0.3, -0.25) is 9.59 Å². The van der Waals surface area contributed by atoms with Crippen LogP contribution >= 0.6 is 0 Å². The summed E-state index contributed by atoms with van der Waals surface area (Å²) in [6.45, 7) is 10.1. The van der Waals surface area contributed by atoms with Gasteiger partial charge in [0.15, 0.2) is 5.92 Å². The zero-order valence-corrected chi connectivity index (χ0v) is 13.9. The van der Waals surface area contributed by atoms with Gasteiger partial charge in [0.25, 0.3) is 0 Å². The van der Waals surface area contributed by atoms with Crippen LogP contribution in [0.25, 0.3) is 0 Å². The highest BCUT2D eigenvalue weighted by atomic mass is 16.6. The Morgan fingerprint density at radius 1 is 0.952 bits per heavy atom. The second-order valence-corrected chi connectivity index (χ2v) is 5.16. The third-order valence-corrected chi connectivity index (χ3v) is 2.94. The van der Waals surface area contributed by atoms with E-state index in [1.165, 1.54) is 5.57 Å². The molecule has 0 N–H and O–H groups in total. The molecule has 0 radical (unpaired) electrons. The van der Waals surface area contributed by atoms with Gasteiger partial charge in [0.1, 0.15) is 0 Å². The molecule has 0 aromatic heterocycles. The zero-order valence-electron chi connectivity index (χ0n) is 13.9. The SMILES string of the molecule is CCOC(=O)C(C/C=C(\C)CCC=C(C)C)C(=O)OCC. The van der Waals surface area contributed by atoms with Crippen LogP contribution in [0.5, 0.6) is 0 Å². The van der Waals surface area contributed by atoms with Gasteiger partial charge in [-0.25, -0.2) is 0 Å². The summed E-state index contributed by atoms with van der Waals surface area (Å²) in [4.78, 5) is 23.6. The first-order valence-electron chi connectivity index (χ1n) is 7.54. The lowest BCUT2D eigenvalue weighted by atomic mass is 10.0. The molecule has 0 aliphatic rings. The van der Waals surface area contributed by atoms with Crippen LogP contribution in [0.1, 0.15) is 53.9 Å². The van der Waals surface area contributed by atoms with E-state index in [-0.39, 0.29) is 13.2 Å². The van der Waals surface area contributed by atoms with Crippen LogP contribution in [0, 0.1) is 5.92 Å². The van der Waals surface area contributed by atoms with Crippen LogP contribution in [0.15, 0.2) is 23.3 Å². The number of hydrogen-bond acceptors (Lipinski definition) is 4. The van der Waals surface area contributed by atoms with Gasteiger partial charge < -0.3 is 9.47 Å². The lowest BCUT2D eigenvalue weighted by molar-refractivity contribution is -0.161. The molecule has 0 rings (SSSR count). The molecule has 0 aliphatic carbocycles. The molecular weight excluding hydrogens is 268 g/mol. The molecule has 0 spiro atoms. The van der Waals surface area contributed by atoms with E-state index in [0.717, 1.165) is 18.4 Å². The van der Waals surface area contributed by atoms with Crippen molar-refractivity contribution in [3.63, 3.8) is 0 Å². The fourth-order valence-corrected chi connectivity index (χ4v) is 1.78. The van der Waals surface area contributed by atoms with Crippen LogP contribution in [-0.4, -0.2) is 25.2 Å². The molecule has 0 saturated heterocycles. The minimum atomic E-state index is -0.858. The Morgan fingerprint density at radius 3 is 1.90 bits per heavy atom. The van der Waals surface area contributed by atoms with Crippen molar-refractivity contribution in [1.29, 1.82) is 0 Å². The average molecular weight is 296 g/mol. The van der Waals surface area contributed by atoms with Crippen LogP contribution < -0.4 is 0 Å². The molecule has 0 atom stereocenters. The normalized spacial score (nSPS) is 11.2. The van der Waals surface area contributed by atoms with Gasteiger partial charge in [-0.1, -0.05) is 23.3 Å². The molecular formula is C17H28O4. The van der Waals surface area contributed by atoms with Crippen molar-refractivity contribution in [2.45, 2.75) is 53.9 Å². The third-order valence-electron chi connectivity index (χ3n) is 2.94. The van der Waals surface area contributed by atoms with Crippen molar-refractivity contribution in [2.75, 3.05) is 13.2 Å². The van der Waals surface area contributed by atoms with Crippen molar-refractivity contribution in [3.05, 3.63) is 23.3 Å². The highest BCUT2D eigenvalue weighted by Crippen LogP contribution is 2.14. The Labute approximate surface area is 128 Å². The molecule has 0 saturated carbocycles. The second kappa shape index (κ2) is 11.1. The molecule has 4 nitrogen and oxygen atoms in total. The number of rotatable bonds is 9. The second-order valence-electron chi connectivity index (χ2n) is 5.16. The maximum atomic E-state index is 11.8. The van der Waals surface area contributed by atoms with E-state index in [1.807, 2.05) is 13.0 Å². The maximum Gasteiger partial charge on any atom is 0.320 e. The van der Waals surface area contributed by atoms with Crippen LogP contribution in [-0.2, 0) is 19.1 Å². The van der Waals surface area contributed by atoms with E-state index in [2.05, 4.69) is 19.9 Å². The predicted molar refractivity (Wildman–Crippen MR) is 83.8 cm³/mol. The maximum absolute atomic E-state index is 11.8. The molecule has 0 unspecified atom stereocenters.